The molecule has 1 heterocycles. The minimum atomic E-state index is 0.623. The molecule has 0 bridgehead atoms. The zero-order valence-electron chi connectivity index (χ0n) is 22.4. The van der Waals surface area contributed by atoms with Crippen LogP contribution in [0.5, 0.6) is 0 Å². The van der Waals surface area contributed by atoms with Gasteiger partial charge in [-0.05, 0) is 79.2 Å². The van der Waals surface area contributed by atoms with Gasteiger partial charge in [-0.2, -0.15) is 0 Å². The molecule has 2 fully saturated rings. The lowest BCUT2D eigenvalue weighted by Crippen LogP contribution is -2.39. The number of nitrogens with zero attached hydrogens (tertiary/aromatic N) is 2. The molecule has 192 valence electrons. The first-order chi connectivity index (χ1) is 19.3. The fourth-order valence-electron chi connectivity index (χ4n) is 7.68. The zero-order valence-corrected chi connectivity index (χ0v) is 22.4. The summed E-state index contributed by atoms with van der Waals surface area (Å²) in [6, 6.07) is 41.8. The van der Waals surface area contributed by atoms with Crippen molar-refractivity contribution >= 4 is 43.1 Å². The Hall–Kier alpha value is -3.72. The molecule has 1 saturated carbocycles. The first-order valence-electron chi connectivity index (χ1n) is 14.6. The largest absolute Gasteiger partial charge is 0.282 e. The summed E-state index contributed by atoms with van der Waals surface area (Å²) in [5.74, 6) is 0. The van der Waals surface area contributed by atoms with Gasteiger partial charge in [0.2, 0.25) is 0 Å². The van der Waals surface area contributed by atoms with E-state index in [-0.39, 0.29) is 0 Å². The summed E-state index contributed by atoms with van der Waals surface area (Å²) in [6.07, 6.45) is 5.30. The Kier molecular flexibility index (Phi) is 5.64. The van der Waals surface area contributed by atoms with Crippen molar-refractivity contribution in [3.05, 3.63) is 120 Å². The van der Waals surface area contributed by atoms with Crippen molar-refractivity contribution in [2.24, 2.45) is 0 Å². The van der Waals surface area contributed by atoms with Crippen LogP contribution < -0.4 is 0 Å². The van der Waals surface area contributed by atoms with Gasteiger partial charge in [0.25, 0.3) is 0 Å². The van der Waals surface area contributed by atoms with E-state index in [0.29, 0.717) is 12.1 Å². The molecule has 8 rings (SSSR count). The lowest BCUT2D eigenvalue weighted by atomic mass is 9.89. The van der Waals surface area contributed by atoms with E-state index in [9.17, 15) is 0 Å². The quantitative estimate of drug-likeness (QED) is 0.220. The third-order valence-corrected chi connectivity index (χ3v) is 9.48. The molecule has 0 unspecified atom stereocenters. The van der Waals surface area contributed by atoms with Crippen LogP contribution in [0.4, 0.5) is 0 Å². The highest BCUT2D eigenvalue weighted by Crippen LogP contribution is 2.39. The molecule has 0 spiro atoms. The van der Waals surface area contributed by atoms with Gasteiger partial charge >= 0.3 is 0 Å². The minimum Gasteiger partial charge on any atom is -0.282 e. The van der Waals surface area contributed by atoms with Gasteiger partial charge in [0.05, 0.1) is 6.67 Å². The topological polar surface area (TPSA) is 6.48 Å². The van der Waals surface area contributed by atoms with Gasteiger partial charge in [-0.3, -0.25) is 9.80 Å². The SMILES string of the molecule is c1ccc2c(CN3CN(Cc4c5ccccc5cc5ccccc45)[C@@H]4CCCC[C@H]43)c3ccccc3cc2c1. The maximum absolute atomic E-state index is 2.81. The van der Waals surface area contributed by atoms with Crippen LogP contribution in [0.15, 0.2) is 109 Å². The van der Waals surface area contributed by atoms with E-state index in [2.05, 4.69) is 119 Å². The number of rotatable bonds is 4. The number of benzene rings is 6. The van der Waals surface area contributed by atoms with Crippen molar-refractivity contribution in [3.8, 4) is 0 Å². The van der Waals surface area contributed by atoms with Gasteiger partial charge in [-0.1, -0.05) is 110 Å². The van der Waals surface area contributed by atoms with Gasteiger partial charge in [-0.25, -0.2) is 0 Å². The van der Waals surface area contributed by atoms with Gasteiger partial charge in [0.15, 0.2) is 0 Å². The average Bonchev–Trinajstić information content (AvgIpc) is 3.34. The van der Waals surface area contributed by atoms with Crippen LogP contribution in [0.3, 0.4) is 0 Å². The molecule has 1 aliphatic heterocycles. The molecule has 1 saturated heterocycles. The number of fused-ring (bicyclic) bond motifs is 5. The third kappa shape index (κ3) is 3.93. The highest BCUT2D eigenvalue weighted by atomic mass is 15.4. The van der Waals surface area contributed by atoms with Crippen molar-refractivity contribution in [1.82, 2.24) is 9.80 Å². The molecule has 39 heavy (non-hydrogen) atoms. The molecule has 2 nitrogen and oxygen atoms in total. The molecule has 6 aromatic carbocycles. The molecule has 2 aliphatic rings. The maximum Gasteiger partial charge on any atom is 0.0519 e. The second-order valence-electron chi connectivity index (χ2n) is 11.6. The first-order valence-corrected chi connectivity index (χ1v) is 14.6. The Balaban J connectivity index is 1.20. The summed E-state index contributed by atoms with van der Waals surface area (Å²) in [5.41, 5.74) is 2.98. The molecule has 2 heteroatoms. The predicted octanol–water partition coefficient (Wildman–Crippen LogP) is 8.89. The molecule has 0 N–H and O–H groups in total. The Bertz CT molecular complexity index is 1590. The normalized spacial score (nSPS) is 20.3. The monoisotopic (exact) mass is 506 g/mol. The second kappa shape index (κ2) is 9.48. The van der Waals surface area contributed by atoms with E-state index < -0.39 is 0 Å². The van der Waals surface area contributed by atoms with Crippen molar-refractivity contribution in [2.75, 3.05) is 6.67 Å². The van der Waals surface area contributed by atoms with Crippen LogP contribution in [-0.4, -0.2) is 28.6 Å². The lowest BCUT2D eigenvalue weighted by molar-refractivity contribution is 0.198. The Morgan fingerprint density at radius 3 is 1.15 bits per heavy atom. The molecular formula is C37H34N2. The van der Waals surface area contributed by atoms with Gasteiger partial charge < -0.3 is 0 Å². The second-order valence-corrected chi connectivity index (χ2v) is 11.6. The van der Waals surface area contributed by atoms with E-state index in [4.69, 9.17) is 0 Å². The first kappa shape index (κ1) is 23.2. The lowest BCUT2D eigenvalue weighted by Gasteiger charge is -2.33. The van der Waals surface area contributed by atoms with Gasteiger partial charge in [-0.15, -0.1) is 0 Å². The fourth-order valence-corrected chi connectivity index (χ4v) is 7.68. The zero-order chi connectivity index (χ0) is 25.8. The van der Waals surface area contributed by atoms with Crippen LogP contribution in [-0.2, 0) is 13.1 Å². The smallest absolute Gasteiger partial charge is 0.0519 e. The highest BCUT2D eigenvalue weighted by Gasteiger charge is 2.41. The third-order valence-electron chi connectivity index (χ3n) is 9.48. The number of hydrogen-bond acceptors (Lipinski definition) is 2. The summed E-state index contributed by atoms with van der Waals surface area (Å²) < 4.78 is 0. The van der Waals surface area contributed by atoms with E-state index in [0.717, 1.165) is 19.8 Å². The summed E-state index contributed by atoms with van der Waals surface area (Å²) >= 11 is 0. The van der Waals surface area contributed by atoms with Crippen LogP contribution in [0, 0.1) is 0 Å². The van der Waals surface area contributed by atoms with Gasteiger partial charge in [0, 0.05) is 25.2 Å². The van der Waals surface area contributed by atoms with Crippen molar-refractivity contribution in [3.63, 3.8) is 0 Å². The van der Waals surface area contributed by atoms with E-state index in [1.807, 2.05) is 0 Å². The van der Waals surface area contributed by atoms with E-state index >= 15 is 0 Å². The van der Waals surface area contributed by atoms with Crippen LogP contribution in [0.25, 0.3) is 43.1 Å². The Morgan fingerprint density at radius 1 is 0.462 bits per heavy atom. The summed E-state index contributed by atoms with van der Waals surface area (Å²) in [7, 11) is 0. The Labute approximate surface area is 230 Å². The van der Waals surface area contributed by atoms with E-state index in [1.165, 1.54) is 79.9 Å². The maximum atomic E-state index is 2.81. The Morgan fingerprint density at radius 2 is 0.795 bits per heavy atom. The molecule has 0 aromatic heterocycles. The summed E-state index contributed by atoms with van der Waals surface area (Å²) in [4.78, 5) is 5.62. The molecule has 6 aromatic rings. The molecule has 2 atom stereocenters. The average molecular weight is 507 g/mol. The predicted molar refractivity (Wildman–Crippen MR) is 165 cm³/mol. The van der Waals surface area contributed by atoms with Gasteiger partial charge in [0.1, 0.15) is 0 Å². The number of hydrogen-bond donors (Lipinski definition) is 0. The van der Waals surface area contributed by atoms with Crippen molar-refractivity contribution in [1.29, 1.82) is 0 Å². The molecule has 1 aliphatic carbocycles. The van der Waals surface area contributed by atoms with Crippen LogP contribution in [0.1, 0.15) is 36.8 Å². The summed E-state index contributed by atoms with van der Waals surface area (Å²) in [5, 5.41) is 11.0. The molecule has 0 radical (unpaired) electrons. The molecular weight excluding hydrogens is 472 g/mol. The summed E-state index contributed by atoms with van der Waals surface area (Å²) in [6.45, 7) is 3.05. The van der Waals surface area contributed by atoms with Crippen LogP contribution >= 0.6 is 0 Å². The fraction of sp³-hybridized carbons (Fsp3) is 0.243. The standard InChI is InChI=1S/C37H34N2/c1-5-15-30-26(11-1)21-27-12-2-6-16-31(27)34(30)23-38-25-39(37-20-10-9-19-36(37)38)24-35-32-17-7-3-13-28(32)22-29-14-4-8-18-33(29)35/h1-8,11-18,21-22,36-37H,9-10,19-20,23-25H2/t36-,37-/m1/s1. The molecule has 0 amide bonds. The van der Waals surface area contributed by atoms with Crippen molar-refractivity contribution in [2.45, 2.75) is 50.9 Å². The van der Waals surface area contributed by atoms with E-state index in [1.54, 1.807) is 0 Å². The minimum absolute atomic E-state index is 0.623. The highest BCUT2D eigenvalue weighted by molar-refractivity contribution is 6.03. The van der Waals surface area contributed by atoms with Crippen molar-refractivity contribution < 1.29 is 0 Å². The van der Waals surface area contributed by atoms with Crippen LogP contribution in [0.2, 0.25) is 0 Å².